The second kappa shape index (κ2) is 10.5. The number of rotatable bonds is 9. The molecule has 2 aromatic heterocycles. The Labute approximate surface area is 194 Å². The van der Waals surface area contributed by atoms with E-state index in [0.717, 1.165) is 27.2 Å². The topological polar surface area (TPSA) is 81.9 Å². The number of hydrogen-bond donors (Lipinski definition) is 1. The minimum atomic E-state index is -0.340. The zero-order valence-corrected chi connectivity index (χ0v) is 19.4. The van der Waals surface area contributed by atoms with E-state index >= 15 is 0 Å². The maximum Gasteiger partial charge on any atom is 0.294 e. The smallest absolute Gasteiger partial charge is 0.274 e. The van der Waals surface area contributed by atoms with Crippen LogP contribution in [0.5, 0.6) is 0 Å². The van der Waals surface area contributed by atoms with E-state index in [1.54, 1.807) is 24.1 Å². The predicted octanol–water partition coefficient (Wildman–Crippen LogP) is 4.60. The molecule has 1 N–H and O–H groups in total. The molecule has 32 heavy (non-hydrogen) atoms. The summed E-state index contributed by atoms with van der Waals surface area (Å²) in [6.45, 7) is 4.29. The number of carbonyl (C=O) groups is 1. The number of nitrogens with one attached hydrogen (secondary N) is 1. The van der Waals surface area contributed by atoms with Gasteiger partial charge in [-0.25, -0.2) is 10.5 Å². The van der Waals surface area contributed by atoms with E-state index in [0.29, 0.717) is 24.5 Å². The van der Waals surface area contributed by atoms with E-state index < -0.39 is 0 Å². The molecule has 0 aliphatic carbocycles. The Kier molecular flexibility index (Phi) is 7.31. The molecule has 0 unspecified atom stereocenters. The van der Waals surface area contributed by atoms with Crippen LogP contribution in [0.25, 0.3) is 5.69 Å². The summed E-state index contributed by atoms with van der Waals surface area (Å²) in [5, 5.41) is 12.3. The number of benzene rings is 2. The van der Waals surface area contributed by atoms with Crippen LogP contribution in [-0.4, -0.2) is 32.3 Å². The van der Waals surface area contributed by atoms with E-state index in [1.165, 1.54) is 16.9 Å². The lowest BCUT2D eigenvalue weighted by atomic mass is 10.1. The van der Waals surface area contributed by atoms with Crippen molar-refractivity contribution >= 4 is 29.0 Å². The average molecular weight is 466 g/mol. The second-order valence-electron chi connectivity index (χ2n) is 6.96. The van der Waals surface area contributed by atoms with Gasteiger partial charge in [-0.1, -0.05) is 60.3 Å². The van der Waals surface area contributed by atoms with E-state index in [4.69, 9.17) is 4.84 Å². The van der Waals surface area contributed by atoms with Gasteiger partial charge in [-0.3, -0.25) is 14.2 Å². The SMILES string of the molecule is CCONC(=O)c1csc(CSc2nnc(Cc3ccccc3)n2-c2ccccc2C)n1. The molecule has 0 bridgehead atoms. The minimum Gasteiger partial charge on any atom is -0.274 e. The van der Waals surface area contributed by atoms with Gasteiger partial charge in [0.25, 0.3) is 5.91 Å². The summed E-state index contributed by atoms with van der Waals surface area (Å²) in [5.74, 6) is 1.12. The summed E-state index contributed by atoms with van der Waals surface area (Å²) >= 11 is 2.99. The fourth-order valence-corrected chi connectivity index (χ4v) is 4.90. The van der Waals surface area contributed by atoms with Crippen LogP contribution in [0.1, 0.15) is 39.4 Å². The van der Waals surface area contributed by atoms with Crippen molar-refractivity contribution in [1.82, 2.24) is 25.2 Å². The van der Waals surface area contributed by atoms with Crippen molar-refractivity contribution in [3.05, 3.63) is 87.6 Å². The van der Waals surface area contributed by atoms with Crippen molar-refractivity contribution in [2.45, 2.75) is 31.2 Å². The number of thioether (sulfide) groups is 1. The molecule has 9 heteroatoms. The highest BCUT2D eigenvalue weighted by Gasteiger charge is 2.18. The summed E-state index contributed by atoms with van der Waals surface area (Å²) in [5.41, 5.74) is 6.10. The van der Waals surface area contributed by atoms with Gasteiger partial charge in [-0.05, 0) is 31.0 Å². The Hall–Kier alpha value is -3.01. The number of carbonyl (C=O) groups excluding carboxylic acids is 1. The van der Waals surface area contributed by atoms with Crippen molar-refractivity contribution < 1.29 is 9.63 Å². The summed E-state index contributed by atoms with van der Waals surface area (Å²) < 4.78 is 2.11. The molecule has 4 aromatic rings. The molecule has 0 saturated heterocycles. The fourth-order valence-electron chi connectivity index (χ4n) is 3.14. The molecular formula is C23H23N5O2S2. The van der Waals surface area contributed by atoms with Crippen LogP contribution in [-0.2, 0) is 17.0 Å². The highest BCUT2D eigenvalue weighted by molar-refractivity contribution is 7.98. The molecule has 0 spiro atoms. The summed E-state index contributed by atoms with van der Waals surface area (Å²) in [7, 11) is 0. The van der Waals surface area contributed by atoms with Crippen LogP contribution in [0.3, 0.4) is 0 Å². The molecule has 0 fully saturated rings. The average Bonchev–Trinajstić information content (AvgIpc) is 3.44. The Morgan fingerprint density at radius 3 is 2.69 bits per heavy atom. The van der Waals surface area contributed by atoms with Crippen LogP contribution in [0.4, 0.5) is 0 Å². The first-order valence-electron chi connectivity index (χ1n) is 10.2. The number of nitrogens with zero attached hydrogens (tertiary/aromatic N) is 4. The van der Waals surface area contributed by atoms with Crippen molar-refractivity contribution in [2.24, 2.45) is 0 Å². The summed E-state index contributed by atoms with van der Waals surface area (Å²) in [6, 6.07) is 18.5. The number of amides is 1. The van der Waals surface area contributed by atoms with E-state index in [-0.39, 0.29) is 5.91 Å². The number of thiazole rings is 1. The van der Waals surface area contributed by atoms with E-state index in [9.17, 15) is 4.79 Å². The Balaban J connectivity index is 1.57. The zero-order chi connectivity index (χ0) is 22.3. The predicted molar refractivity (Wildman–Crippen MR) is 126 cm³/mol. The van der Waals surface area contributed by atoms with E-state index in [1.807, 2.05) is 30.3 Å². The quantitative estimate of drug-likeness (QED) is 0.287. The molecule has 0 aliphatic rings. The number of para-hydroxylation sites is 1. The lowest BCUT2D eigenvalue weighted by Crippen LogP contribution is -2.23. The van der Waals surface area contributed by atoms with Gasteiger partial charge in [0.2, 0.25) is 0 Å². The monoisotopic (exact) mass is 465 g/mol. The van der Waals surface area contributed by atoms with E-state index in [2.05, 4.69) is 56.4 Å². The number of hydroxylamine groups is 1. The first-order chi connectivity index (χ1) is 15.7. The molecular weight excluding hydrogens is 442 g/mol. The largest absolute Gasteiger partial charge is 0.294 e. The Morgan fingerprint density at radius 1 is 1.12 bits per heavy atom. The van der Waals surface area contributed by atoms with Gasteiger partial charge in [0, 0.05) is 11.8 Å². The lowest BCUT2D eigenvalue weighted by molar-refractivity contribution is 0.0360. The lowest BCUT2D eigenvalue weighted by Gasteiger charge is -2.12. The third-order valence-corrected chi connectivity index (χ3v) is 6.65. The Morgan fingerprint density at radius 2 is 1.91 bits per heavy atom. The van der Waals surface area contributed by atoms with Gasteiger partial charge in [0.05, 0.1) is 18.0 Å². The van der Waals surface area contributed by atoms with Crippen molar-refractivity contribution in [3.63, 3.8) is 0 Å². The molecule has 1 amide bonds. The van der Waals surface area contributed by atoms with Gasteiger partial charge in [0.15, 0.2) is 5.16 Å². The molecule has 7 nitrogen and oxygen atoms in total. The highest BCUT2D eigenvalue weighted by Crippen LogP contribution is 2.28. The molecule has 4 rings (SSSR count). The maximum atomic E-state index is 12.0. The van der Waals surface area contributed by atoms with Crippen LogP contribution in [0.2, 0.25) is 0 Å². The van der Waals surface area contributed by atoms with Gasteiger partial charge in [0.1, 0.15) is 16.5 Å². The van der Waals surface area contributed by atoms with Crippen LogP contribution in [0, 0.1) is 6.92 Å². The van der Waals surface area contributed by atoms with Crippen LogP contribution >= 0.6 is 23.1 Å². The minimum absolute atomic E-state index is 0.340. The van der Waals surface area contributed by atoms with Crippen LogP contribution in [0.15, 0.2) is 65.1 Å². The molecule has 0 radical (unpaired) electrons. The molecule has 0 aliphatic heterocycles. The number of aryl methyl sites for hydroxylation is 1. The molecule has 164 valence electrons. The van der Waals surface area contributed by atoms with Gasteiger partial charge >= 0.3 is 0 Å². The molecule has 2 heterocycles. The summed E-state index contributed by atoms with van der Waals surface area (Å²) in [6.07, 6.45) is 0.682. The van der Waals surface area contributed by atoms with Crippen LogP contribution < -0.4 is 5.48 Å². The maximum absolute atomic E-state index is 12.0. The fraction of sp³-hybridized carbons (Fsp3) is 0.217. The molecule has 2 aromatic carbocycles. The highest BCUT2D eigenvalue weighted by atomic mass is 32.2. The first kappa shape index (κ1) is 22.2. The third kappa shape index (κ3) is 5.24. The van der Waals surface area contributed by atoms with Gasteiger partial charge in [-0.15, -0.1) is 21.5 Å². The zero-order valence-electron chi connectivity index (χ0n) is 17.8. The number of hydrogen-bond acceptors (Lipinski definition) is 7. The Bertz CT molecular complexity index is 1190. The summed E-state index contributed by atoms with van der Waals surface area (Å²) in [4.78, 5) is 21.4. The molecule has 0 saturated carbocycles. The van der Waals surface area contributed by atoms with Crippen molar-refractivity contribution in [3.8, 4) is 5.69 Å². The molecule has 0 atom stereocenters. The number of aromatic nitrogens is 4. The standard InChI is InChI=1S/C23H23N5O2S2/c1-3-30-27-22(29)18-14-31-21(24-18)15-32-23-26-25-20(13-17-10-5-4-6-11-17)28(23)19-12-8-7-9-16(19)2/h4-12,14H,3,13,15H2,1-2H3,(H,27,29). The third-order valence-electron chi connectivity index (χ3n) is 4.68. The first-order valence-corrected chi connectivity index (χ1v) is 12.1. The second-order valence-corrected chi connectivity index (χ2v) is 8.85. The van der Waals surface area contributed by atoms with Crippen molar-refractivity contribution in [1.29, 1.82) is 0 Å². The van der Waals surface area contributed by atoms with Gasteiger partial charge < -0.3 is 0 Å². The van der Waals surface area contributed by atoms with Gasteiger partial charge in [-0.2, -0.15) is 0 Å². The normalized spacial score (nSPS) is 10.9. The van der Waals surface area contributed by atoms with Crippen molar-refractivity contribution in [2.75, 3.05) is 6.61 Å².